The molecule has 0 radical (unpaired) electrons. The Hall–Kier alpha value is -3.49. The number of benzene rings is 2. The van der Waals surface area contributed by atoms with Gasteiger partial charge in [-0.1, -0.05) is 0 Å². The maximum atomic E-state index is 13.1. The number of carbonyl (C=O) groups excluding carboxylic acids is 2. The lowest BCUT2D eigenvalue weighted by Crippen LogP contribution is -2.37. The van der Waals surface area contributed by atoms with Gasteiger partial charge in [-0.2, -0.15) is 0 Å². The van der Waals surface area contributed by atoms with Gasteiger partial charge in [0.05, 0.1) is 16.7 Å². The molecule has 150 valence electrons. The van der Waals surface area contributed by atoms with Crippen molar-refractivity contribution >= 4 is 28.8 Å². The van der Waals surface area contributed by atoms with Gasteiger partial charge in [0.25, 0.3) is 11.6 Å². The number of Topliss-reactive ketones (excluding diaryl/α,β-unsaturated/α-hetero) is 1. The number of nitrogens with zero attached hydrogens (tertiary/aromatic N) is 2. The van der Waals surface area contributed by atoms with E-state index in [1.165, 1.54) is 30.3 Å². The zero-order chi connectivity index (χ0) is 20.5. The third-order valence-corrected chi connectivity index (χ3v) is 5.24. The van der Waals surface area contributed by atoms with Gasteiger partial charge in [-0.05, 0) is 43.2 Å². The van der Waals surface area contributed by atoms with E-state index in [1.807, 2.05) is 4.90 Å². The number of fused-ring (bicyclic) bond motifs is 1. The van der Waals surface area contributed by atoms with Crippen molar-refractivity contribution in [2.45, 2.75) is 12.8 Å². The molecule has 0 spiro atoms. The maximum absolute atomic E-state index is 13.1. The molecule has 0 atom stereocenters. The predicted molar refractivity (Wildman–Crippen MR) is 103 cm³/mol. The third kappa shape index (κ3) is 3.75. The van der Waals surface area contributed by atoms with E-state index in [-0.39, 0.29) is 35.7 Å². The number of hydrogen-bond acceptors (Lipinski definition) is 6. The average molecular weight is 399 g/mol. The Balaban J connectivity index is 1.52. The highest BCUT2D eigenvalue weighted by Gasteiger charge is 2.31. The summed E-state index contributed by atoms with van der Waals surface area (Å²) in [5.74, 6) is -0.726. The monoisotopic (exact) mass is 399 g/mol. The van der Waals surface area contributed by atoms with E-state index in [9.17, 15) is 24.1 Å². The summed E-state index contributed by atoms with van der Waals surface area (Å²) < 4.78 is 18.3. The number of ketones is 1. The van der Waals surface area contributed by atoms with Crippen LogP contribution in [-0.4, -0.2) is 36.3 Å². The maximum Gasteiger partial charge on any atom is 0.296 e. The fourth-order valence-corrected chi connectivity index (χ4v) is 3.74. The molecule has 4 rings (SSSR count). The van der Waals surface area contributed by atoms with Crippen LogP contribution in [-0.2, 0) is 4.79 Å². The van der Waals surface area contributed by atoms with Gasteiger partial charge in [0.15, 0.2) is 18.1 Å². The van der Waals surface area contributed by atoms with Crippen LogP contribution in [0.25, 0.3) is 0 Å². The zero-order valence-electron chi connectivity index (χ0n) is 15.4. The second-order valence-corrected chi connectivity index (χ2v) is 7.06. The number of halogens is 1. The lowest BCUT2D eigenvalue weighted by atomic mass is 9.88. The summed E-state index contributed by atoms with van der Waals surface area (Å²) in [6.07, 6.45) is 1.04. The molecular weight excluding hydrogens is 381 g/mol. The Morgan fingerprint density at radius 1 is 1.21 bits per heavy atom. The molecule has 1 N–H and O–H groups in total. The number of carbonyl (C=O) groups is 2. The smallest absolute Gasteiger partial charge is 0.296 e. The molecule has 29 heavy (non-hydrogen) atoms. The van der Waals surface area contributed by atoms with E-state index in [1.54, 1.807) is 6.07 Å². The number of amides is 1. The quantitative estimate of drug-likeness (QED) is 0.481. The number of hydrogen-bond donors (Lipinski definition) is 1. The van der Waals surface area contributed by atoms with Crippen molar-refractivity contribution in [3.8, 4) is 5.75 Å². The molecule has 2 heterocycles. The first-order valence-electron chi connectivity index (χ1n) is 9.22. The topological polar surface area (TPSA) is 102 Å². The summed E-state index contributed by atoms with van der Waals surface area (Å²) in [5.41, 5.74) is 1.13. The highest BCUT2D eigenvalue weighted by atomic mass is 19.1. The van der Waals surface area contributed by atoms with Crippen molar-refractivity contribution in [1.82, 2.24) is 0 Å². The standard InChI is InChI=1S/C20H18FN3O5/c21-14-3-1-12(2-4-14)20(26)13-5-7-23(8-6-13)16-9-15-18(10-17(16)24(27)28)29-11-19(25)22-15/h1-4,9-10,13H,5-8,11H2,(H,22,25). The van der Waals surface area contributed by atoms with Crippen molar-refractivity contribution in [2.24, 2.45) is 5.92 Å². The van der Waals surface area contributed by atoms with Crippen molar-refractivity contribution < 1.29 is 23.6 Å². The summed E-state index contributed by atoms with van der Waals surface area (Å²) >= 11 is 0. The number of ether oxygens (including phenoxy) is 1. The van der Waals surface area contributed by atoms with Crippen molar-refractivity contribution in [3.63, 3.8) is 0 Å². The minimum absolute atomic E-state index is 0.0507. The highest BCUT2D eigenvalue weighted by Crippen LogP contribution is 2.41. The first kappa shape index (κ1) is 18.9. The Morgan fingerprint density at radius 2 is 1.90 bits per heavy atom. The number of anilines is 2. The molecule has 0 unspecified atom stereocenters. The summed E-state index contributed by atoms with van der Waals surface area (Å²) in [6, 6.07) is 8.33. The summed E-state index contributed by atoms with van der Waals surface area (Å²) in [6.45, 7) is 0.721. The molecule has 0 saturated carbocycles. The SMILES string of the molecule is O=C1COc2cc([N+](=O)[O-])c(N3CCC(C(=O)c4ccc(F)cc4)CC3)cc2N1. The Kier molecular flexibility index (Phi) is 4.87. The van der Waals surface area contributed by atoms with Gasteiger partial charge in [0, 0.05) is 24.6 Å². The van der Waals surface area contributed by atoms with E-state index in [0.29, 0.717) is 42.9 Å². The molecule has 2 aromatic rings. The second kappa shape index (κ2) is 7.50. The van der Waals surface area contributed by atoms with Crippen LogP contribution >= 0.6 is 0 Å². The van der Waals surface area contributed by atoms with Gasteiger partial charge in [-0.25, -0.2) is 4.39 Å². The molecule has 0 bridgehead atoms. The zero-order valence-corrected chi connectivity index (χ0v) is 15.4. The molecule has 1 amide bonds. The average Bonchev–Trinajstić information content (AvgIpc) is 2.73. The first-order chi connectivity index (χ1) is 13.9. The Labute approximate surface area is 165 Å². The molecule has 1 saturated heterocycles. The second-order valence-electron chi connectivity index (χ2n) is 7.06. The van der Waals surface area contributed by atoms with Crippen LogP contribution in [0.15, 0.2) is 36.4 Å². The van der Waals surface area contributed by atoms with Crippen LogP contribution in [0.5, 0.6) is 5.75 Å². The molecule has 0 aliphatic carbocycles. The van der Waals surface area contributed by atoms with Gasteiger partial charge < -0.3 is 15.0 Å². The van der Waals surface area contributed by atoms with Gasteiger partial charge in [-0.3, -0.25) is 19.7 Å². The first-order valence-corrected chi connectivity index (χ1v) is 9.22. The van der Waals surface area contributed by atoms with Crippen LogP contribution in [0.1, 0.15) is 23.2 Å². The summed E-state index contributed by atoms with van der Waals surface area (Å²) in [5, 5.41) is 14.2. The fraction of sp³-hybridized carbons (Fsp3) is 0.300. The molecule has 2 aliphatic rings. The molecular formula is C20H18FN3O5. The molecule has 1 fully saturated rings. The van der Waals surface area contributed by atoms with Crippen LogP contribution in [0.4, 0.5) is 21.5 Å². The summed E-state index contributed by atoms with van der Waals surface area (Å²) in [7, 11) is 0. The normalized spacial score (nSPS) is 16.6. The molecule has 8 nitrogen and oxygen atoms in total. The van der Waals surface area contributed by atoms with Gasteiger partial charge in [0.2, 0.25) is 0 Å². The Bertz CT molecular complexity index is 984. The van der Waals surface area contributed by atoms with E-state index in [0.717, 1.165) is 0 Å². The summed E-state index contributed by atoms with van der Waals surface area (Å²) in [4.78, 5) is 37.1. The number of nitro benzene ring substituents is 1. The van der Waals surface area contributed by atoms with Gasteiger partial charge in [0.1, 0.15) is 11.5 Å². The Morgan fingerprint density at radius 3 is 2.55 bits per heavy atom. The highest BCUT2D eigenvalue weighted by molar-refractivity contribution is 5.98. The van der Waals surface area contributed by atoms with Crippen LogP contribution in [0.3, 0.4) is 0 Å². The molecule has 2 aromatic carbocycles. The lowest BCUT2D eigenvalue weighted by Gasteiger charge is -2.33. The lowest BCUT2D eigenvalue weighted by molar-refractivity contribution is -0.384. The molecule has 0 aromatic heterocycles. The number of nitrogens with one attached hydrogen (secondary N) is 1. The predicted octanol–water partition coefficient (Wildman–Crippen LogP) is 3.16. The van der Waals surface area contributed by atoms with E-state index < -0.39 is 10.7 Å². The molecule has 9 heteroatoms. The van der Waals surface area contributed by atoms with E-state index >= 15 is 0 Å². The molecule has 2 aliphatic heterocycles. The van der Waals surface area contributed by atoms with Crippen molar-refractivity contribution in [2.75, 3.05) is 29.9 Å². The number of nitro groups is 1. The van der Waals surface area contributed by atoms with Crippen molar-refractivity contribution in [1.29, 1.82) is 0 Å². The van der Waals surface area contributed by atoms with Crippen LogP contribution < -0.4 is 15.0 Å². The van der Waals surface area contributed by atoms with Gasteiger partial charge in [-0.15, -0.1) is 0 Å². The van der Waals surface area contributed by atoms with E-state index in [2.05, 4.69) is 5.32 Å². The minimum Gasteiger partial charge on any atom is -0.481 e. The van der Waals surface area contributed by atoms with Crippen LogP contribution in [0, 0.1) is 21.8 Å². The number of rotatable bonds is 4. The van der Waals surface area contributed by atoms with Crippen LogP contribution in [0.2, 0.25) is 0 Å². The van der Waals surface area contributed by atoms with Crippen molar-refractivity contribution in [3.05, 3.63) is 57.9 Å². The number of piperidine rings is 1. The van der Waals surface area contributed by atoms with E-state index in [4.69, 9.17) is 4.74 Å². The fourth-order valence-electron chi connectivity index (χ4n) is 3.74. The largest absolute Gasteiger partial charge is 0.481 e. The minimum atomic E-state index is -0.481. The van der Waals surface area contributed by atoms with Gasteiger partial charge >= 0.3 is 0 Å². The third-order valence-electron chi connectivity index (χ3n) is 5.24.